The van der Waals surface area contributed by atoms with E-state index < -0.39 is 17.4 Å². The molecule has 0 aliphatic carbocycles. The molecular formula is C9H7F3N2O. The number of nitrogens with one attached hydrogen (secondary N) is 2. The summed E-state index contributed by atoms with van der Waals surface area (Å²) in [6.07, 6.45) is -4.40. The Balaban J connectivity index is 2.78. The van der Waals surface area contributed by atoms with Crippen molar-refractivity contribution in [1.82, 2.24) is 9.97 Å². The van der Waals surface area contributed by atoms with Crippen LogP contribution in [-0.2, 0) is 6.18 Å². The van der Waals surface area contributed by atoms with Crippen molar-refractivity contribution < 1.29 is 13.2 Å². The van der Waals surface area contributed by atoms with Gasteiger partial charge in [0.05, 0.1) is 16.6 Å². The van der Waals surface area contributed by atoms with Crippen molar-refractivity contribution in [3.05, 3.63) is 33.7 Å². The fraction of sp³-hybridized carbons (Fsp3) is 0.222. The van der Waals surface area contributed by atoms with Crippen LogP contribution in [0.1, 0.15) is 11.1 Å². The van der Waals surface area contributed by atoms with Crippen molar-refractivity contribution in [3.8, 4) is 0 Å². The van der Waals surface area contributed by atoms with Crippen molar-refractivity contribution in [1.29, 1.82) is 0 Å². The summed E-state index contributed by atoms with van der Waals surface area (Å²) in [7, 11) is 0. The lowest BCUT2D eigenvalue weighted by atomic mass is 10.1. The second kappa shape index (κ2) is 2.88. The van der Waals surface area contributed by atoms with Crippen molar-refractivity contribution in [2.24, 2.45) is 0 Å². The van der Waals surface area contributed by atoms with E-state index in [1.165, 1.54) is 6.92 Å². The Hall–Kier alpha value is -1.72. The largest absolute Gasteiger partial charge is 0.416 e. The van der Waals surface area contributed by atoms with Gasteiger partial charge in [0, 0.05) is 0 Å². The van der Waals surface area contributed by atoms with Crippen LogP contribution in [0.15, 0.2) is 16.9 Å². The number of rotatable bonds is 0. The highest BCUT2D eigenvalue weighted by molar-refractivity contribution is 5.79. The molecule has 0 aliphatic rings. The van der Waals surface area contributed by atoms with E-state index in [9.17, 15) is 18.0 Å². The van der Waals surface area contributed by atoms with Crippen LogP contribution < -0.4 is 5.69 Å². The maximum Gasteiger partial charge on any atom is 0.416 e. The van der Waals surface area contributed by atoms with Crippen LogP contribution in [0.4, 0.5) is 13.2 Å². The number of benzene rings is 1. The van der Waals surface area contributed by atoms with E-state index >= 15 is 0 Å². The zero-order chi connectivity index (χ0) is 11.2. The van der Waals surface area contributed by atoms with E-state index in [0.717, 1.165) is 12.1 Å². The maximum absolute atomic E-state index is 12.4. The van der Waals surface area contributed by atoms with Crippen LogP contribution in [0.5, 0.6) is 0 Å². The van der Waals surface area contributed by atoms with Gasteiger partial charge in [0.2, 0.25) is 0 Å². The average Bonchev–Trinajstić information content (AvgIpc) is 2.44. The molecule has 80 valence electrons. The molecule has 1 aromatic heterocycles. The van der Waals surface area contributed by atoms with Crippen LogP contribution in [0.3, 0.4) is 0 Å². The first kappa shape index (κ1) is 9.82. The van der Waals surface area contributed by atoms with Crippen molar-refractivity contribution in [2.45, 2.75) is 13.1 Å². The van der Waals surface area contributed by atoms with E-state index in [2.05, 4.69) is 9.97 Å². The van der Waals surface area contributed by atoms with Crippen LogP contribution in [-0.4, -0.2) is 9.97 Å². The zero-order valence-electron chi connectivity index (χ0n) is 7.70. The Morgan fingerprint density at radius 2 is 1.87 bits per heavy atom. The van der Waals surface area contributed by atoms with Gasteiger partial charge in [0.15, 0.2) is 0 Å². The smallest absolute Gasteiger partial charge is 0.306 e. The van der Waals surface area contributed by atoms with Crippen molar-refractivity contribution in [2.75, 3.05) is 0 Å². The van der Waals surface area contributed by atoms with Gasteiger partial charge in [-0.2, -0.15) is 13.2 Å². The Bertz CT molecular complexity index is 565. The highest BCUT2D eigenvalue weighted by Gasteiger charge is 2.31. The number of aryl methyl sites for hydroxylation is 1. The molecule has 0 saturated heterocycles. The summed E-state index contributed by atoms with van der Waals surface area (Å²) >= 11 is 0. The molecule has 3 nitrogen and oxygen atoms in total. The van der Waals surface area contributed by atoms with Gasteiger partial charge >= 0.3 is 11.9 Å². The number of aromatic amines is 2. The van der Waals surface area contributed by atoms with Crippen LogP contribution >= 0.6 is 0 Å². The monoisotopic (exact) mass is 216 g/mol. The highest BCUT2D eigenvalue weighted by atomic mass is 19.4. The average molecular weight is 216 g/mol. The number of hydrogen-bond acceptors (Lipinski definition) is 1. The fourth-order valence-corrected chi connectivity index (χ4v) is 1.48. The number of H-pyrrole nitrogens is 2. The van der Waals surface area contributed by atoms with E-state index in [1.54, 1.807) is 0 Å². The second-order valence-electron chi connectivity index (χ2n) is 3.29. The number of aromatic nitrogens is 2. The lowest BCUT2D eigenvalue weighted by molar-refractivity contribution is -0.137. The van der Waals surface area contributed by atoms with Crippen molar-refractivity contribution in [3.63, 3.8) is 0 Å². The predicted octanol–water partition coefficient (Wildman–Crippen LogP) is 2.18. The van der Waals surface area contributed by atoms with Gasteiger partial charge in [-0.25, -0.2) is 4.79 Å². The fourth-order valence-electron chi connectivity index (χ4n) is 1.48. The molecule has 2 N–H and O–H groups in total. The van der Waals surface area contributed by atoms with Gasteiger partial charge in [-0.05, 0) is 24.6 Å². The summed E-state index contributed by atoms with van der Waals surface area (Å²) in [6, 6.07) is 1.92. The lowest BCUT2D eigenvalue weighted by Crippen LogP contribution is -2.05. The van der Waals surface area contributed by atoms with Gasteiger partial charge < -0.3 is 9.97 Å². The first-order valence-electron chi connectivity index (χ1n) is 4.18. The van der Waals surface area contributed by atoms with E-state index in [4.69, 9.17) is 0 Å². The summed E-state index contributed by atoms with van der Waals surface area (Å²) in [5.74, 6) is 0. The summed E-state index contributed by atoms with van der Waals surface area (Å²) < 4.78 is 37.2. The second-order valence-corrected chi connectivity index (χ2v) is 3.29. The number of imidazole rings is 1. The molecule has 1 heterocycles. The molecule has 15 heavy (non-hydrogen) atoms. The summed E-state index contributed by atoms with van der Waals surface area (Å²) in [5.41, 5.74) is -0.298. The molecule has 0 saturated carbocycles. The number of fused-ring (bicyclic) bond motifs is 1. The minimum atomic E-state index is -4.40. The molecule has 0 atom stereocenters. The molecule has 0 unspecified atom stereocenters. The highest BCUT2D eigenvalue weighted by Crippen LogP contribution is 2.31. The minimum Gasteiger partial charge on any atom is -0.306 e. The molecule has 0 bridgehead atoms. The Kier molecular flexibility index (Phi) is 1.89. The Labute approximate surface area is 81.9 Å². The molecule has 2 aromatic rings. The third-order valence-electron chi connectivity index (χ3n) is 2.15. The van der Waals surface area contributed by atoms with Gasteiger partial charge in [-0.1, -0.05) is 0 Å². The minimum absolute atomic E-state index is 0.173. The van der Waals surface area contributed by atoms with E-state index in [1.807, 2.05) is 0 Å². The predicted molar refractivity (Wildman–Crippen MR) is 48.7 cm³/mol. The first-order valence-corrected chi connectivity index (χ1v) is 4.18. The standard InChI is InChI=1S/C9H7F3N2O/c1-4-2-5(9(10,11)12)3-6-7(4)14-8(15)13-6/h2-3H,1H3,(H2,13,14,15). The van der Waals surface area contributed by atoms with Crippen molar-refractivity contribution >= 4 is 11.0 Å². The van der Waals surface area contributed by atoms with Gasteiger partial charge in [-0.3, -0.25) is 0 Å². The van der Waals surface area contributed by atoms with E-state index in [-0.39, 0.29) is 5.52 Å². The van der Waals surface area contributed by atoms with Gasteiger partial charge in [0.25, 0.3) is 0 Å². The number of hydrogen-bond donors (Lipinski definition) is 2. The SMILES string of the molecule is Cc1cc(C(F)(F)F)cc2[nH]c(=O)[nH]c12. The third-order valence-corrected chi connectivity index (χ3v) is 2.15. The van der Waals surface area contributed by atoms with Gasteiger partial charge in [-0.15, -0.1) is 0 Å². The number of halogens is 3. The Morgan fingerprint density at radius 1 is 1.20 bits per heavy atom. The first-order chi connectivity index (χ1) is 6.88. The molecule has 0 radical (unpaired) electrons. The molecule has 0 aliphatic heterocycles. The normalized spacial score (nSPS) is 12.3. The molecule has 2 rings (SSSR count). The maximum atomic E-state index is 12.4. The molecule has 6 heteroatoms. The molecule has 0 spiro atoms. The zero-order valence-corrected chi connectivity index (χ0v) is 7.70. The van der Waals surface area contributed by atoms with Crippen LogP contribution in [0.25, 0.3) is 11.0 Å². The summed E-state index contributed by atoms with van der Waals surface area (Å²) in [4.78, 5) is 15.6. The topological polar surface area (TPSA) is 48.6 Å². The van der Waals surface area contributed by atoms with Crippen LogP contribution in [0, 0.1) is 6.92 Å². The molecule has 0 amide bonds. The Morgan fingerprint density at radius 3 is 2.47 bits per heavy atom. The third kappa shape index (κ3) is 1.62. The van der Waals surface area contributed by atoms with Crippen LogP contribution in [0.2, 0.25) is 0 Å². The molecule has 1 aromatic carbocycles. The summed E-state index contributed by atoms with van der Waals surface area (Å²) in [5, 5.41) is 0. The van der Waals surface area contributed by atoms with E-state index in [0.29, 0.717) is 11.1 Å². The van der Waals surface area contributed by atoms with Gasteiger partial charge in [0.1, 0.15) is 0 Å². The quantitative estimate of drug-likeness (QED) is 0.696. The molecular weight excluding hydrogens is 209 g/mol. The number of alkyl halides is 3. The molecule has 0 fully saturated rings. The summed E-state index contributed by atoms with van der Waals surface area (Å²) in [6.45, 7) is 1.52. The lowest BCUT2D eigenvalue weighted by Gasteiger charge is -2.07.